The lowest BCUT2D eigenvalue weighted by Gasteiger charge is -2.19. The number of carbonyl (C=O) groups excluding carboxylic acids is 1. The van der Waals surface area contributed by atoms with Crippen LogP contribution >= 0.6 is 0 Å². The van der Waals surface area contributed by atoms with Crippen LogP contribution in [0.3, 0.4) is 0 Å². The largest absolute Gasteiger partial charge is 0.444 e. The summed E-state index contributed by atoms with van der Waals surface area (Å²) in [6.07, 6.45) is 1.87. The number of nitrogens with one attached hydrogen (secondary N) is 3. The molecule has 0 fully saturated rings. The summed E-state index contributed by atoms with van der Waals surface area (Å²) in [6.45, 7) is 9.94. The van der Waals surface area contributed by atoms with Gasteiger partial charge in [-0.1, -0.05) is 0 Å². The zero-order valence-corrected chi connectivity index (χ0v) is 15.2. The Kier molecular flexibility index (Phi) is 8.00. The Labute approximate surface area is 143 Å². The van der Waals surface area contributed by atoms with Crippen molar-refractivity contribution >= 4 is 12.1 Å². The van der Waals surface area contributed by atoms with E-state index in [1.54, 1.807) is 4.68 Å². The Bertz CT molecular complexity index is 534. The van der Waals surface area contributed by atoms with Crippen molar-refractivity contribution < 1.29 is 9.53 Å². The van der Waals surface area contributed by atoms with Crippen molar-refractivity contribution in [3.63, 3.8) is 0 Å². The van der Waals surface area contributed by atoms with E-state index in [4.69, 9.17) is 4.74 Å². The van der Waals surface area contributed by atoms with Gasteiger partial charge in [0.05, 0.1) is 0 Å². The molecule has 0 aliphatic heterocycles. The van der Waals surface area contributed by atoms with Crippen molar-refractivity contribution in [3.05, 3.63) is 12.2 Å². The van der Waals surface area contributed by atoms with Gasteiger partial charge in [0.15, 0.2) is 5.96 Å². The molecule has 1 heterocycles. The summed E-state index contributed by atoms with van der Waals surface area (Å²) >= 11 is 0. The van der Waals surface area contributed by atoms with E-state index in [0.717, 1.165) is 18.8 Å². The maximum absolute atomic E-state index is 11.5. The molecule has 0 atom stereocenters. The Morgan fingerprint density at radius 2 is 2.00 bits per heavy atom. The van der Waals surface area contributed by atoms with Crippen molar-refractivity contribution in [3.8, 4) is 0 Å². The summed E-state index contributed by atoms with van der Waals surface area (Å²) in [4.78, 5) is 20.1. The molecule has 1 aromatic heterocycles. The highest BCUT2D eigenvalue weighted by molar-refractivity contribution is 5.79. The van der Waals surface area contributed by atoms with Gasteiger partial charge in [-0.15, -0.1) is 0 Å². The molecule has 0 spiro atoms. The molecule has 136 valence electrons. The molecule has 1 aromatic rings. The number of amides is 1. The van der Waals surface area contributed by atoms with E-state index >= 15 is 0 Å². The Morgan fingerprint density at radius 1 is 1.29 bits per heavy atom. The van der Waals surface area contributed by atoms with Gasteiger partial charge in [0, 0.05) is 26.7 Å². The summed E-state index contributed by atoms with van der Waals surface area (Å²) in [6, 6.07) is 0. The average molecular weight is 339 g/mol. The standard InChI is InChI=1S/C15H29N7O2/c1-6-16-13(19-10-12-20-11-21-22(12)5)17-8-7-9-18-14(23)24-15(2,3)4/h11H,6-10H2,1-5H3,(H,18,23)(H2,16,17,19). The topological polar surface area (TPSA) is 105 Å². The number of rotatable bonds is 7. The average Bonchev–Trinajstić information content (AvgIpc) is 2.87. The number of hydrogen-bond acceptors (Lipinski definition) is 5. The maximum atomic E-state index is 11.5. The van der Waals surface area contributed by atoms with Gasteiger partial charge in [-0.05, 0) is 34.1 Å². The van der Waals surface area contributed by atoms with Crippen LogP contribution in [-0.2, 0) is 18.3 Å². The molecule has 0 saturated carbocycles. The number of hydrogen-bond donors (Lipinski definition) is 3. The van der Waals surface area contributed by atoms with Crippen LogP contribution < -0.4 is 16.0 Å². The van der Waals surface area contributed by atoms with Crippen molar-refractivity contribution in [1.29, 1.82) is 0 Å². The number of guanidine groups is 1. The van der Waals surface area contributed by atoms with Gasteiger partial charge in [-0.3, -0.25) is 4.68 Å². The van der Waals surface area contributed by atoms with Crippen LogP contribution in [0.1, 0.15) is 39.9 Å². The molecule has 1 amide bonds. The Hall–Kier alpha value is -2.32. The third-order valence-corrected chi connectivity index (χ3v) is 2.84. The predicted molar refractivity (Wildman–Crippen MR) is 92.7 cm³/mol. The van der Waals surface area contributed by atoms with Crippen molar-refractivity contribution in [1.82, 2.24) is 30.7 Å². The summed E-state index contributed by atoms with van der Waals surface area (Å²) < 4.78 is 6.87. The highest BCUT2D eigenvalue weighted by Crippen LogP contribution is 2.06. The number of ether oxygens (including phenoxy) is 1. The molecule has 0 radical (unpaired) electrons. The smallest absolute Gasteiger partial charge is 0.407 e. The normalized spacial score (nSPS) is 12.0. The van der Waals surface area contributed by atoms with E-state index in [9.17, 15) is 4.79 Å². The first-order chi connectivity index (χ1) is 11.3. The fourth-order valence-electron chi connectivity index (χ4n) is 1.75. The lowest BCUT2D eigenvalue weighted by atomic mass is 10.2. The van der Waals surface area contributed by atoms with E-state index in [-0.39, 0.29) is 0 Å². The predicted octanol–water partition coefficient (Wildman–Crippen LogP) is 0.785. The minimum absolute atomic E-state index is 0.398. The molecule has 0 aliphatic carbocycles. The second kappa shape index (κ2) is 9.74. The van der Waals surface area contributed by atoms with Crippen LogP contribution in [-0.4, -0.2) is 52.1 Å². The molecule has 9 heteroatoms. The van der Waals surface area contributed by atoms with Crippen LogP contribution in [0.4, 0.5) is 4.79 Å². The lowest BCUT2D eigenvalue weighted by Crippen LogP contribution is -2.39. The molecule has 0 aromatic carbocycles. The third-order valence-electron chi connectivity index (χ3n) is 2.84. The monoisotopic (exact) mass is 339 g/mol. The zero-order chi connectivity index (χ0) is 18.0. The number of alkyl carbamates (subject to hydrolysis) is 1. The number of carbonyl (C=O) groups is 1. The molecule has 0 saturated heterocycles. The SMILES string of the molecule is CCNC(=NCc1ncnn1C)NCCCNC(=O)OC(C)(C)C. The summed E-state index contributed by atoms with van der Waals surface area (Å²) in [7, 11) is 1.83. The number of nitrogens with zero attached hydrogens (tertiary/aromatic N) is 4. The molecule has 9 nitrogen and oxygen atoms in total. The second-order valence-corrected chi connectivity index (χ2v) is 6.20. The Morgan fingerprint density at radius 3 is 2.58 bits per heavy atom. The lowest BCUT2D eigenvalue weighted by molar-refractivity contribution is 0.0527. The number of aliphatic imine (C=N–C) groups is 1. The minimum atomic E-state index is -0.479. The zero-order valence-electron chi connectivity index (χ0n) is 15.2. The van der Waals surface area contributed by atoms with Crippen LogP contribution in [0.15, 0.2) is 11.3 Å². The van der Waals surface area contributed by atoms with Gasteiger partial charge >= 0.3 is 6.09 Å². The molecular weight excluding hydrogens is 310 g/mol. The molecule has 1 rings (SSSR count). The first kappa shape index (κ1) is 19.7. The fourth-order valence-corrected chi connectivity index (χ4v) is 1.75. The molecular formula is C15H29N7O2. The van der Waals surface area contributed by atoms with E-state index in [2.05, 4.69) is 31.0 Å². The van der Waals surface area contributed by atoms with E-state index in [1.165, 1.54) is 6.33 Å². The van der Waals surface area contributed by atoms with Crippen molar-refractivity contribution in [2.45, 2.75) is 46.3 Å². The van der Waals surface area contributed by atoms with E-state index in [1.807, 2.05) is 34.7 Å². The quantitative estimate of drug-likeness (QED) is 0.385. The summed E-state index contributed by atoms with van der Waals surface area (Å²) in [5, 5.41) is 13.1. The maximum Gasteiger partial charge on any atom is 0.407 e. The minimum Gasteiger partial charge on any atom is -0.444 e. The van der Waals surface area contributed by atoms with E-state index in [0.29, 0.717) is 25.6 Å². The van der Waals surface area contributed by atoms with Gasteiger partial charge in [0.1, 0.15) is 24.3 Å². The van der Waals surface area contributed by atoms with Crippen molar-refractivity contribution in [2.75, 3.05) is 19.6 Å². The van der Waals surface area contributed by atoms with Gasteiger partial charge in [-0.2, -0.15) is 5.10 Å². The molecule has 3 N–H and O–H groups in total. The summed E-state index contributed by atoms with van der Waals surface area (Å²) in [5.41, 5.74) is -0.479. The van der Waals surface area contributed by atoms with Gasteiger partial charge in [0.2, 0.25) is 0 Å². The van der Waals surface area contributed by atoms with Crippen LogP contribution in [0.5, 0.6) is 0 Å². The van der Waals surface area contributed by atoms with Gasteiger partial charge in [0.25, 0.3) is 0 Å². The molecule has 0 bridgehead atoms. The molecule has 24 heavy (non-hydrogen) atoms. The first-order valence-corrected chi connectivity index (χ1v) is 8.13. The highest BCUT2D eigenvalue weighted by atomic mass is 16.6. The number of aromatic nitrogens is 3. The van der Waals surface area contributed by atoms with Gasteiger partial charge < -0.3 is 20.7 Å². The molecule has 0 aliphatic rings. The van der Waals surface area contributed by atoms with Crippen molar-refractivity contribution in [2.24, 2.45) is 12.0 Å². The fraction of sp³-hybridized carbons (Fsp3) is 0.733. The van der Waals surface area contributed by atoms with Gasteiger partial charge in [-0.25, -0.2) is 14.8 Å². The molecule has 0 unspecified atom stereocenters. The van der Waals surface area contributed by atoms with Crippen LogP contribution in [0.25, 0.3) is 0 Å². The van der Waals surface area contributed by atoms with E-state index < -0.39 is 11.7 Å². The Balaban J connectivity index is 2.29. The highest BCUT2D eigenvalue weighted by Gasteiger charge is 2.15. The van der Waals surface area contributed by atoms with Crippen LogP contribution in [0, 0.1) is 0 Å². The third kappa shape index (κ3) is 8.35. The first-order valence-electron chi connectivity index (χ1n) is 8.13. The second-order valence-electron chi connectivity index (χ2n) is 6.20. The van der Waals surface area contributed by atoms with Crippen LogP contribution in [0.2, 0.25) is 0 Å². The number of aryl methyl sites for hydroxylation is 1. The summed E-state index contributed by atoms with van der Waals surface area (Å²) in [5.74, 6) is 1.50.